The largest absolute Gasteiger partial charge is 0.494 e. The molecule has 1 saturated carbocycles. The number of fused-ring (bicyclic) bond motifs is 1. The fourth-order valence-corrected chi connectivity index (χ4v) is 3.51. The van der Waals surface area contributed by atoms with Gasteiger partial charge in [-0.25, -0.2) is 4.39 Å². The van der Waals surface area contributed by atoms with E-state index in [2.05, 4.69) is 17.1 Å². The van der Waals surface area contributed by atoms with Gasteiger partial charge in [0.1, 0.15) is 11.5 Å². The zero-order valence-corrected chi connectivity index (χ0v) is 14.0. The molecule has 1 aliphatic carbocycles. The smallest absolute Gasteiger partial charge is 0.165 e. The number of aromatic nitrogens is 1. The third kappa shape index (κ3) is 3.17. The van der Waals surface area contributed by atoms with E-state index in [0.717, 1.165) is 11.0 Å². The standard InChI is InChI=1S/C19H16FNO2S/c1-22-19-11-17-15(10-16(19)20)18(8-9-21-17)23-12-2-4-13(5-3-12)24-14-6-7-14/h2-5,8-11,14H,6-7H2,1H3. The fourth-order valence-electron chi connectivity index (χ4n) is 2.46. The van der Waals surface area contributed by atoms with Gasteiger partial charge in [-0.15, -0.1) is 11.8 Å². The van der Waals surface area contributed by atoms with E-state index in [-0.39, 0.29) is 5.75 Å². The second kappa shape index (κ2) is 6.32. The number of pyridine rings is 1. The van der Waals surface area contributed by atoms with Crippen LogP contribution in [-0.2, 0) is 0 Å². The number of rotatable bonds is 5. The highest BCUT2D eigenvalue weighted by Crippen LogP contribution is 2.40. The summed E-state index contributed by atoms with van der Waals surface area (Å²) in [6, 6.07) is 12.7. The first-order chi connectivity index (χ1) is 11.7. The predicted octanol–water partition coefficient (Wildman–Crippen LogP) is 5.43. The molecular weight excluding hydrogens is 325 g/mol. The molecule has 0 unspecified atom stereocenters. The molecule has 0 N–H and O–H groups in total. The van der Waals surface area contributed by atoms with E-state index < -0.39 is 5.82 Å². The topological polar surface area (TPSA) is 31.4 Å². The molecule has 0 radical (unpaired) electrons. The second-order valence-electron chi connectivity index (χ2n) is 5.70. The Labute approximate surface area is 143 Å². The van der Waals surface area contributed by atoms with Gasteiger partial charge in [-0.3, -0.25) is 4.98 Å². The summed E-state index contributed by atoms with van der Waals surface area (Å²) >= 11 is 1.90. The Bertz CT molecular complexity index is 878. The molecule has 0 amide bonds. The molecule has 1 fully saturated rings. The van der Waals surface area contributed by atoms with Crippen LogP contribution in [0.4, 0.5) is 4.39 Å². The third-order valence-corrected chi connectivity index (χ3v) is 5.20. The van der Waals surface area contributed by atoms with Crippen LogP contribution in [0.2, 0.25) is 0 Å². The molecule has 0 saturated heterocycles. The monoisotopic (exact) mass is 341 g/mol. The molecular formula is C19H16FNO2S. The average Bonchev–Trinajstić information content (AvgIpc) is 3.41. The summed E-state index contributed by atoms with van der Waals surface area (Å²) < 4.78 is 24.9. The second-order valence-corrected chi connectivity index (χ2v) is 7.08. The minimum atomic E-state index is -0.431. The SMILES string of the molecule is COc1cc2nccc(Oc3ccc(SC4CC4)cc3)c2cc1F. The van der Waals surface area contributed by atoms with Gasteiger partial charge in [-0.2, -0.15) is 0 Å². The van der Waals surface area contributed by atoms with Gasteiger partial charge in [0.15, 0.2) is 11.6 Å². The van der Waals surface area contributed by atoms with Crippen LogP contribution in [0.5, 0.6) is 17.2 Å². The Balaban J connectivity index is 1.62. The van der Waals surface area contributed by atoms with Crippen molar-refractivity contribution in [3.8, 4) is 17.2 Å². The van der Waals surface area contributed by atoms with Gasteiger partial charge in [-0.1, -0.05) is 0 Å². The maximum absolute atomic E-state index is 14.0. The van der Waals surface area contributed by atoms with Crippen molar-refractivity contribution in [3.63, 3.8) is 0 Å². The van der Waals surface area contributed by atoms with Gasteiger partial charge in [0, 0.05) is 27.8 Å². The lowest BCUT2D eigenvalue weighted by Crippen LogP contribution is -1.92. The minimum Gasteiger partial charge on any atom is -0.494 e. The van der Waals surface area contributed by atoms with Crippen LogP contribution in [-0.4, -0.2) is 17.3 Å². The molecule has 1 aliphatic rings. The summed E-state index contributed by atoms with van der Waals surface area (Å²) in [4.78, 5) is 5.51. The first kappa shape index (κ1) is 15.3. The molecule has 24 heavy (non-hydrogen) atoms. The van der Waals surface area contributed by atoms with Gasteiger partial charge < -0.3 is 9.47 Å². The van der Waals surface area contributed by atoms with Gasteiger partial charge in [0.05, 0.1) is 12.6 Å². The number of nitrogens with zero attached hydrogens (tertiary/aromatic N) is 1. The molecule has 4 rings (SSSR count). The van der Waals surface area contributed by atoms with Crippen LogP contribution < -0.4 is 9.47 Å². The van der Waals surface area contributed by atoms with Crippen LogP contribution in [0, 0.1) is 5.82 Å². The van der Waals surface area contributed by atoms with E-state index in [0.29, 0.717) is 16.7 Å². The van der Waals surface area contributed by atoms with Gasteiger partial charge >= 0.3 is 0 Å². The normalized spacial score (nSPS) is 13.9. The predicted molar refractivity (Wildman–Crippen MR) is 93.6 cm³/mol. The van der Waals surface area contributed by atoms with E-state index in [9.17, 15) is 4.39 Å². The maximum atomic E-state index is 14.0. The molecule has 3 aromatic rings. The van der Waals surface area contributed by atoms with E-state index >= 15 is 0 Å². The first-order valence-electron chi connectivity index (χ1n) is 7.80. The number of hydrogen-bond donors (Lipinski definition) is 0. The molecule has 2 aromatic carbocycles. The lowest BCUT2D eigenvalue weighted by molar-refractivity contribution is 0.387. The number of methoxy groups -OCH3 is 1. The number of ether oxygens (including phenoxy) is 2. The average molecular weight is 341 g/mol. The molecule has 3 nitrogen and oxygen atoms in total. The van der Waals surface area contributed by atoms with Crippen LogP contribution in [0.1, 0.15) is 12.8 Å². The van der Waals surface area contributed by atoms with E-state index in [1.165, 1.54) is 30.9 Å². The summed E-state index contributed by atoms with van der Waals surface area (Å²) in [5, 5.41) is 1.39. The lowest BCUT2D eigenvalue weighted by Gasteiger charge is -2.10. The van der Waals surface area contributed by atoms with Gasteiger partial charge in [0.2, 0.25) is 0 Å². The molecule has 0 spiro atoms. The molecule has 0 atom stereocenters. The van der Waals surface area contributed by atoms with E-state index in [4.69, 9.17) is 9.47 Å². The highest BCUT2D eigenvalue weighted by molar-refractivity contribution is 8.00. The minimum absolute atomic E-state index is 0.175. The molecule has 0 aliphatic heterocycles. The van der Waals surface area contributed by atoms with Crippen molar-refractivity contribution < 1.29 is 13.9 Å². The zero-order valence-electron chi connectivity index (χ0n) is 13.2. The third-order valence-electron chi connectivity index (χ3n) is 3.85. The first-order valence-corrected chi connectivity index (χ1v) is 8.68. The van der Waals surface area contributed by atoms with Gasteiger partial charge in [-0.05, 0) is 49.2 Å². The molecule has 122 valence electrons. The summed E-state index contributed by atoms with van der Waals surface area (Å²) in [7, 11) is 1.44. The number of thioether (sulfide) groups is 1. The van der Waals surface area contributed by atoms with Crippen LogP contribution in [0.3, 0.4) is 0 Å². The van der Waals surface area contributed by atoms with E-state index in [1.807, 2.05) is 23.9 Å². The van der Waals surface area contributed by atoms with E-state index in [1.54, 1.807) is 18.3 Å². The summed E-state index contributed by atoms with van der Waals surface area (Å²) in [6.07, 6.45) is 4.26. The Kier molecular flexibility index (Phi) is 4.02. The van der Waals surface area contributed by atoms with Crippen molar-refractivity contribution in [1.29, 1.82) is 0 Å². The highest BCUT2D eigenvalue weighted by Gasteiger charge is 2.22. The van der Waals surface area contributed by atoms with Crippen LogP contribution in [0.15, 0.2) is 53.6 Å². The van der Waals surface area contributed by atoms with Crippen molar-refractivity contribution in [2.45, 2.75) is 23.0 Å². The van der Waals surface area contributed by atoms with Gasteiger partial charge in [0.25, 0.3) is 0 Å². The van der Waals surface area contributed by atoms with Crippen molar-refractivity contribution in [2.24, 2.45) is 0 Å². The molecule has 1 heterocycles. The molecule has 1 aromatic heterocycles. The van der Waals surface area contributed by atoms with Crippen molar-refractivity contribution in [1.82, 2.24) is 4.98 Å². The molecule has 0 bridgehead atoms. The number of halogens is 1. The van der Waals surface area contributed by atoms with Crippen molar-refractivity contribution in [2.75, 3.05) is 7.11 Å². The van der Waals surface area contributed by atoms with Crippen LogP contribution >= 0.6 is 11.8 Å². The van der Waals surface area contributed by atoms with Crippen molar-refractivity contribution >= 4 is 22.7 Å². The Morgan fingerprint density at radius 2 is 1.88 bits per heavy atom. The summed E-state index contributed by atoms with van der Waals surface area (Å²) in [6.45, 7) is 0. The zero-order chi connectivity index (χ0) is 16.5. The highest BCUT2D eigenvalue weighted by atomic mass is 32.2. The van der Waals surface area contributed by atoms with Crippen molar-refractivity contribution in [3.05, 3.63) is 54.5 Å². The molecule has 5 heteroatoms. The summed E-state index contributed by atoms with van der Waals surface area (Å²) in [5.41, 5.74) is 0.631. The Hall–Kier alpha value is -2.27. The fraction of sp³-hybridized carbons (Fsp3) is 0.211. The quantitative estimate of drug-likeness (QED) is 0.619. The Morgan fingerprint density at radius 3 is 2.58 bits per heavy atom. The lowest BCUT2D eigenvalue weighted by atomic mass is 10.2. The number of benzene rings is 2. The maximum Gasteiger partial charge on any atom is 0.165 e. The Morgan fingerprint density at radius 1 is 1.08 bits per heavy atom. The number of hydrogen-bond acceptors (Lipinski definition) is 4. The van der Waals surface area contributed by atoms with Crippen LogP contribution in [0.25, 0.3) is 10.9 Å². The summed E-state index contributed by atoms with van der Waals surface area (Å²) in [5.74, 6) is 1.04.